The minimum absolute atomic E-state index is 0.104. The van der Waals surface area contributed by atoms with Crippen molar-refractivity contribution in [2.45, 2.75) is 13.8 Å². The summed E-state index contributed by atoms with van der Waals surface area (Å²) in [7, 11) is 1.44. The van der Waals surface area contributed by atoms with Crippen LogP contribution < -0.4 is 9.64 Å². The van der Waals surface area contributed by atoms with Crippen LogP contribution in [-0.4, -0.2) is 23.1 Å². The molecule has 162 valence electrons. The average Bonchev–Trinajstić information content (AvgIpc) is 3.34. The molecule has 2 aromatic carbocycles. The van der Waals surface area contributed by atoms with Gasteiger partial charge in [0.2, 0.25) is 0 Å². The zero-order chi connectivity index (χ0) is 23.0. The van der Waals surface area contributed by atoms with Crippen LogP contribution in [0.4, 0.5) is 11.4 Å². The van der Waals surface area contributed by atoms with Crippen molar-refractivity contribution in [2.24, 2.45) is 0 Å². The average molecular weight is 449 g/mol. The number of anilines is 1. The SMILES string of the molecule is COc1ccc(-c2ccc(/C=C3\SC(=N)N(c4cc(C)ccc4C)C3=O)o2)c([N+](=O)[O-])c1. The molecule has 4 rings (SSSR count). The first kappa shape index (κ1) is 21.4. The van der Waals surface area contributed by atoms with Gasteiger partial charge in [0, 0.05) is 6.08 Å². The smallest absolute Gasteiger partial charge is 0.284 e. The number of nitro groups is 1. The molecule has 1 N–H and O–H groups in total. The first-order chi connectivity index (χ1) is 15.3. The van der Waals surface area contributed by atoms with E-state index in [1.807, 2.05) is 32.0 Å². The fourth-order valence-corrected chi connectivity index (χ4v) is 4.20. The van der Waals surface area contributed by atoms with Gasteiger partial charge in [-0.3, -0.25) is 25.2 Å². The van der Waals surface area contributed by atoms with Crippen molar-refractivity contribution in [1.82, 2.24) is 0 Å². The van der Waals surface area contributed by atoms with Gasteiger partial charge in [-0.15, -0.1) is 0 Å². The lowest BCUT2D eigenvalue weighted by atomic mass is 10.1. The Bertz CT molecular complexity index is 1290. The fourth-order valence-electron chi connectivity index (χ4n) is 3.37. The topological polar surface area (TPSA) is 110 Å². The summed E-state index contributed by atoms with van der Waals surface area (Å²) in [5, 5.41) is 19.9. The van der Waals surface area contributed by atoms with Gasteiger partial charge in [0.25, 0.3) is 11.6 Å². The van der Waals surface area contributed by atoms with E-state index in [4.69, 9.17) is 14.6 Å². The summed E-state index contributed by atoms with van der Waals surface area (Å²) in [5.41, 5.74) is 2.71. The van der Waals surface area contributed by atoms with Crippen LogP contribution in [0.15, 0.2) is 57.9 Å². The summed E-state index contributed by atoms with van der Waals surface area (Å²) in [5.74, 6) is 0.703. The van der Waals surface area contributed by atoms with Crippen LogP contribution in [0.1, 0.15) is 16.9 Å². The van der Waals surface area contributed by atoms with E-state index < -0.39 is 4.92 Å². The van der Waals surface area contributed by atoms with Crippen LogP contribution in [-0.2, 0) is 4.79 Å². The fraction of sp³-hybridized carbons (Fsp3) is 0.130. The minimum Gasteiger partial charge on any atom is -0.497 e. The molecular weight excluding hydrogens is 430 g/mol. The molecule has 0 spiro atoms. The number of aryl methyl sites for hydroxylation is 2. The zero-order valence-corrected chi connectivity index (χ0v) is 18.4. The van der Waals surface area contributed by atoms with E-state index in [-0.39, 0.29) is 16.8 Å². The number of ether oxygens (including phenoxy) is 1. The first-order valence-corrected chi connectivity index (χ1v) is 10.4. The molecule has 8 nitrogen and oxygen atoms in total. The molecule has 0 bridgehead atoms. The van der Waals surface area contributed by atoms with Gasteiger partial charge < -0.3 is 9.15 Å². The Kier molecular flexibility index (Phi) is 5.58. The molecule has 1 saturated heterocycles. The molecule has 1 aliphatic rings. The van der Waals surface area contributed by atoms with Crippen molar-refractivity contribution in [3.63, 3.8) is 0 Å². The Morgan fingerprint density at radius 2 is 1.94 bits per heavy atom. The predicted molar refractivity (Wildman–Crippen MR) is 124 cm³/mol. The number of thioether (sulfide) groups is 1. The molecule has 1 amide bonds. The molecule has 0 saturated carbocycles. The van der Waals surface area contributed by atoms with E-state index in [9.17, 15) is 14.9 Å². The Morgan fingerprint density at radius 1 is 1.16 bits per heavy atom. The Balaban J connectivity index is 1.66. The third-order valence-electron chi connectivity index (χ3n) is 5.00. The number of nitrogens with zero attached hydrogens (tertiary/aromatic N) is 2. The monoisotopic (exact) mass is 449 g/mol. The number of hydrogen-bond acceptors (Lipinski definition) is 7. The maximum absolute atomic E-state index is 13.0. The van der Waals surface area contributed by atoms with Crippen LogP contribution >= 0.6 is 11.8 Å². The Morgan fingerprint density at radius 3 is 2.66 bits per heavy atom. The molecule has 3 aromatic rings. The number of hydrogen-bond donors (Lipinski definition) is 1. The number of carbonyl (C=O) groups excluding carboxylic acids is 1. The Labute approximate surface area is 188 Å². The molecule has 1 aliphatic heterocycles. The first-order valence-electron chi connectivity index (χ1n) is 9.61. The molecule has 0 aliphatic carbocycles. The van der Waals surface area contributed by atoms with Crippen molar-refractivity contribution in [1.29, 1.82) is 5.41 Å². The summed E-state index contributed by atoms with van der Waals surface area (Å²) in [4.78, 5) is 25.7. The summed E-state index contributed by atoms with van der Waals surface area (Å²) < 4.78 is 10.9. The summed E-state index contributed by atoms with van der Waals surface area (Å²) >= 11 is 1.04. The van der Waals surface area contributed by atoms with Gasteiger partial charge >= 0.3 is 0 Å². The molecule has 9 heteroatoms. The van der Waals surface area contributed by atoms with E-state index in [2.05, 4.69) is 0 Å². The normalized spacial score (nSPS) is 15.0. The van der Waals surface area contributed by atoms with E-state index in [0.717, 1.165) is 22.9 Å². The molecule has 1 fully saturated rings. The van der Waals surface area contributed by atoms with Gasteiger partial charge in [-0.1, -0.05) is 12.1 Å². The van der Waals surface area contributed by atoms with Crippen LogP contribution in [0, 0.1) is 29.4 Å². The molecule has 0 radical (unpaired) electrons. The number of carbonyl (C=O) groups is 1. The second-order valence-corrected chi connectivity index (χ2v) is 8.22. The van der Waals surface area contributed by atoms with Gasteiger partial charge in [0.1, 0.15) is 17.3 Å². The van der Waals surface area contributed by atoms with Crippen LogP contribution in [0.25, 0.3) is 17.4 Å². The number of methoxy groups -OCH3 is 1. The number of rotatable bonds is 5. The number of amidine groups is 1. The summed E-state index contributed by atoms with van der Waals surface area (Å²) in [6.45, 7) is 3.82. The molecular formula is C23H19N3O5S. The number of benzene rings is 2. The van der Waals surface area contributed by atoms with Crippen LogP contribution in [0.2, 0.25) is 0 Å². The lowest BCUT2D eigenvalue weighted by Crippen LogP contribution is -2.28. The van der Waals surface area contributed by atoms with Gasteiger partial charge in [-0.05, 0) is 67.1 Å². The van der Waals surface area contributed by atoms with Crippen molar-refractivity contribution in [2.75, 3.05) is 12.0 Å². The third-order valence-corrected chi connectivity index (χ3v) is 5.88. The summed E-state index contributed by atoms with van der Waals surface area (Å²) in [6, 6.07) is 13.5. The highest BCUT2D eigenvalue weighted by molar-refractivity contribution is 8.19. The standard InChI is InChI=1S/C23H19N3O5S/c1-13-4-5-14(2)18(10-13)25-22(27)21(32-23(25)24)12-16-7-9-20(31-16)17-8-6-15(30-3)11-19(17)26(28)29/h4-12,24H,1-3H3/b21-12-,24-23?. The summed E-state index contributed by atoms with van der Waals surface area (Å²) in [6.07, 6.45) is 1.55. The lowest BCUT2D eigenvalue weighted by Gasteiger charge is -2.17. The molecule has 0 unspecified atom stereocenters. The van der Waals surface area contributed by atoms with Crippen molar-refractivity contribution < 1.29 is 18.9 Å². The van der Waals surface area contributed by atoms with Gasteiger partial charge in [-0.2, -0.15) is 0 Å². The molecule has 32 heavy (non-hydrogen) atoms. The second-order valence-electron chi connectivity index (χ2n) is 7.19. The number of amides is 1. The zero-order valence-electron chi connectivity index (χ0n) is 17.5. The highest BCUT2D eigenvalue weighted by atomic mass is 32.2. The third kappa shape index (κ3) is 3.90. The predicted octanol–water partition coefficient (Wildman–Crippen LogP) is 5.54. The van der Waals surface area contributed by atoms with Crippen LogP contribution in [0.5, 0.6) is 5.75 Å². The molecule has 0 atom stereocenters. The van der Waals surface area contributed by atoms with Gasteiger partial charge in [-0.25, -0.2) is 0 Å². The van der Waals surface area contributed by atoms with Crippen molar-refractivity contribution in [3.05, 3.63) is 80.4 Å². The van der Waals surface area contributed by atoms with Crippen LogP contribution in [0.3, 0.4) is 0 Å². The van der Waals surface area contributed by atoms with E-state index in [1.54, 1.807) is 30.3 Å². The molecule has 1 aromatic heterocycles. The highest BCUT2D eigenvalue weighted by Crippen LogP contribution is 2.38. The lowest BCUT2D eigenvalue weighted by molar-refractivity contribution is -0.384. The molecule has 2 heterocycles. The van der Waals surface area contributed by atoms with Gasteiger partial charge in [0.05, 0.1) is 34.3 Å². The quantitative estimate of drug-likeness (QED) is 0.311. The number of nitro benzene ring substituents is 1. The number of nitrogens with one attached hydrogen (secondary N) is 1. The van der Waals surface area contributed by atoms with E-state index in [0.29, 0.717) is 33.4 Å². The van der Waals surface area contributed by atoms with E-state index >= 15 is 0 Å². The minimum atomic E-state index is -0.502. The second kappa shape index (κ2) is 8.35. The van der Waals surface area contributed by atoms with Gasteiger partial charge in [0.15, 0.2) is 5.17 Å². The maximum atomic E-state index is 13.0. The number of furan rings is 1. The van der Waals surface area contributed by atoms with Crippen molar-refractivity contribution >= 4 is 40.3 Å². The van der Waals surface area contributed by atoms with Crippen molar-refractivity contribution in [3.8, 4) is 17.1 Å². The largest absolute Gasteiger partial charge is 0.497 e. The highest BCUT2D eigenvalue weighted by Gasteiger charge is 2.34. The Hall–Kier alpha value is -3.85. The van der Waals surface area contributed by atoms with E-state index in [1.165, 1.54) is 18.1 Å². The maximum Gasteiger partial charge on any atom is 0.284 e.